The summed E-state index contributed by atoms with van der Waals surface area (Å²) in [5.41, 5.74) is 0.399. The number of amides is 1. The first kappa shape index (κ1) is 13.7. The number of rotatable bonds is 3. The van der Waals surface area contributed by atoms with Crippen LogP contribution in [-0.4, -0.2) is 21.5 Å². The minimum absolute atomic E-state index is 0.0178. The normalized spacial score (nSPS) is 10.9. The van der Waals surface area contributed by atoms with Gasteiger partial charge in [0, 0.05) is 10.5 Å². The predicted octanol–water partition coefficient (Wildman–Crippen LogP) is 1.68. The van der Waals surface area contributed by atoms with Crippen molar-refractivity contribution in [3.05, 3.63) is 39.4 Å². The molecule has 0 fully saturated rings. The van der Waals surface area contributed by atoms with Gasteiger partial charge in [0.25, 0.3) is 5.56 Å². The van der Waals surface area contributed by atoms with Crippen molar-refractivity contribution in [2.45, 2.75) is 26.4 Å². The molecule has 1 aromatic heterocycles. The standard InChI is InChI=1S/C13H14BrN3O2/c1-8(2)16-12(18)6-17-7-15-11-5-9(14)3-4-10(11)13(17)19/h3-5,7-8H,6H2,1-2H3,(H,16,18). The molecule has 1 amide bonds. The Morgan fingerprint density at radius 2 is 2.21 bits per heavy atom. The van der Waals surface area contributed by atoms with E-state index >= 15 is 0 Å². The van der Waals surface area contributed by atoms with Gasteiger partial charge in [0.15, 0.2) is 0 Å². The Kier molecular flexibility index (Phi) is 3.99. The van der Waals surface area contributed by atoms with E-state index in [2.05, 4.69) is 26.2 Å². The molecule has 6 heteroatoms. The van der Waals surface area contributed by atoms with Crippen LogP contribution in [-0.2, 0) is 11.3 Å². The molecule has 0 atom stereocenters. The third kappa shape index (κ3) is 3.20. The zero-order chi connectivity index (χ0) is 14.0. The SMILES string of the molecule is CC(C)NC(=O)Cn1cnc2cc(Br)ccc2c1=O. The number of aromatic nitrogens is 2. The van der Waals surface area contributed by atoms with Crippen molar-refractivity contribution < 1.29 is 4.79 Å². The highest BCUT2D eigenvalue weighted by molar-refractivity contribution is 9.10. The average molecular weight is 324 g/mol. The summed E-state index contributed by atoms with van der Waals surface area (Å²) < 4.78 is 2.18. The van der Waals surface area contributed by atoms with Crippen LogP contribution in [0.4, 0.5) is 0 Å². The molecule has 0 aliphatic carbocycles. The molecule has 1 aromatic carbocycles. The highest BCUT2D eigenvalue weighted by atomic mass is 79.9. The molecule has 0 bridgehead atoms. The summed E-state index contributed by atoms with van der Waals surface area (Å²) in [7, 11) is 0. The lowest BCUT2D eigenvalue weighted by Gasteiger charge is -2.10. The summed E-state index contributed by atoms with van der Waals surface area (Å²) >= 11 is 3.33. The van der Waals surface area contributed by atoms with Crippen LogP contribution in [0.1, 0.15) is 13.8 Å². The Balaban J connectivity index is 2.35. The van der Waals surface area contributed by atoms with E-state index in [1.54, 1.807) is 18.2 Å². The molecule has 0 radical (unpaired) electrons. The van der Waals surface area contributed by atoms with Crippen molar-refractivity contribution in [2.24, 2.45) is 0 Å². The monoisotopic (exact) mass is 323 g/mol. The quantitative estimate of drug-likeness (QED) is 0.934. The Morgan fingerprint density at radius 3 is 2.89 bits per heavy atom. The fourth-order valence-electron chi connectivity index (χ4n) is 1.77. The summed E-state index contributed by atoms with van der Waals surface area (Å²) in [6, 6.07) is 5.30. The van der Waals surface area contributed by atoms with Crippen molar-refractivity contribution in [2.75, 3.05) is 0 Å². The van der Waals surface area contributed by atoms with Gasteiger partial charge in [0.2, 0.25) is 5.91 Å². The van der Waals surface area contributed by atoms with Crippen LogP contribution >= 0.6 is 15.9 Å². The second-order valence-electron chi connectivity index (χ2n) is 4.56. The number of benzene rings is 1. The maximum absolute atomic E-state index is 12.2. The van der Waals surface area contributed by atoms with E-state index in [-0.39, 0.29) is 24.1 Å². The van der Waals surface area contributed by atoms with Gasteiger partial charge in [-0.1, -0.05) is 15.9 Å². The minimum atomic E-state index is -0.212. The molecule has 19 heavy (non-hydrogen) atoms. The van der Waals surface area contributed by atoms with Crippen molar-refractivity contribution in [3.8, 4) is 0 Å². The van der Waals surface area contributed by atoms with Gasteiger partial charge in [0.05, 0.1) is 17.2 Å². The second-order valence-corrected chi connectivity index (χ2v) is 5.48. The molecule has 1 N–H and O–H groups in total. The minimum Gasteiger partial charge on any atom is -0.352 e. The molecule has 5 nitrogen and oxygen atoms in total. The predicted molar refractivity (Wildman–Crippen MR) is 77.0 cm³/mol. The Morgan fingerprint density at radius 1 is 1.47 bits per heavy atom. The molecule has 0 saturated carbocycles. The largest absolute Gasteiger partial charge is 0.352 e. The number of hydrogen-bond donors (Lipinski definition) is 1. The first-order chi connectivity index (χ1) is 8.97. The summed E-state index contributed by atoms with van der Waals surface area (Å²) in [6.45, 7) is 3.73. The van der Waals surface area contributed by atoms with Gasteiger partial charge in [-0.15, -0.1) is 0 Å². The highest BCUT2D eigenvalue weighted by Gasteiger charge is 2.09. The number of hydrogen-bond acceptors (Lipinski definition) is 3. The number of nitrogens with zero attached hydrogens (tertiary/aromatic N) is 2. The molecule has 2 rings (SSSR count). The molecule has 100 valence electrons. The van der Waals surface area contributed by atoms with Crippen LogP contribution in [0.25, 0.3) is 10.9 Å². The summed E-state index contributed by atoms with van der Waals surface area (Å²) in [5.74, 6) is -0.199. The van der Waals surface area contributed by atoms with Gasteiger partial charge in [-0.05, 0) is 32.0 Å². The van der Waals surface area contributed by atoms with Crippen LogP contribution in [0.2, 0.25) is 0 Å². The Hall–Kier alpha value is -1.69. The summed E-state index contributed by atoms with van der Waals surface area (Å²) in [5, 5.41) is 3.24. The molecule has 2 aromatic rings. The van der Waals surface area contributed by atoms with Crippen LogP contribution < -0.4 is 10.9 Å². The van der Waals surface area contributed by atoms with Gasteiger partial charge in [-0.25, -0.2) is 4.98 Å². The van der Waals surface area contributed by atoms with E-state index in [9.17, 15) is 9.59 Å². The Labute approximate surface area is 118 Å². The fourth-order valence-corrected chi connectivity index (χ4v) is 2.12. The van der Waals surface area contributed by atoms with Crippen molar-refractivity contribution in [1.82, 2.24) is 14.9 Å². The number of halogens is 1. The third-order valence-electron chi connectivity index (χ3n) is 2.55. The zero-order valence-corrected chi connectivity index (χ0v) is 12.3. The third-order valence-corrected chi connectivity index (χ3v) is 3.04. The molecule has 0 unspecified atom stereocenters. The fraction of sp³-hybridized carbons (Fsp3) is 0.308. The molecule has 0 spiro atoms. The molecular weight excluding hydrogens is 310 g/mol. The van der Waals surface area contributed by atoms with E-state index in [4.69, 9.17) is 0 Å². The smallest absolute Gasteiger partial charge is 0.261 e. The van der Waals surface area contributed by atoms with Crippen molar-refractivity contribution in [3.63, 3.8) is 0 Å². The molecule has 0 aliphatic rings. The number of nitrogens with one attached hydrogen (secondary N) is 1. The van der Waals surface area contributed by atoms with E-state index in [0.717, 1.165) is 4.47 Å². The van der Waals surface area contributed by atoms with Crippen molar-refractivity contribution in [1.29, 1.82) is 0 Å². The highest BCUT2D eigenvalue weighted by Crippen LogP contribution is 2.14. The number of fused-ring (bicyclic) bond motifs is 1. The van der Waals surface area contributed by atoms with E-state index in [1.807, 2.05) is 13.8 Å². The number of carbonyl (C=O) groups is 1. The lowest BCUT2D eigenvalue weighted by atomic mass is 10.2. The van der Waals surface area contributed by atoms with Gasteiger partial charge >= 0.3 is 0 Å². The number of carbonyl (C=O) groups excluding carboxylic acids is 1. The lowest BCUT2D eigenvalue weighted by Crippen LogP contribution is -2.36. The van der Waals surface area contributed by atoms with Crippen molar-refractivity contribution >= 4 is 32.7 Å². The topological polar surface area (TPSA) is 64.0 Å². The Bertz CT molecular complexity index is 679. The van der Waals surface area contributed by atoms with E-state index < -0.39 is 0 Å². The van der Waals surface area contributed by atoms with E-state index in [1.165, 1.54) is 10.9 Å². The zero-order valence-electron chi connectivity index (χ0n) is 10.7. The average Bonchev–Trinajstić information content (AvgIpc) is 2.31. The lowest BCUT2D eigenvalue weighted by molar-refractivity contribution is -0.122. The van der Waals surface area contributed by atoms with Crippen LogP contribution in [0.5, 0.6) is 0 Å². The first-order valence-electron chi connectivity index (χ1n) is 5.91. The summed E-state index contributed by atoms with van der Waals surface area (Å²) in [4.78, 5) is 28.0. The van der Waals surface area contributed by atoms with Crippen LogP contribution in [0.3, 0.4) is 0 Å². The van der Waals surface area contributed by atoms with Gasteiger partial charge < -0.3 is 5.32 Å². The maximum atomic E-state index is 12.2. The summed E-state index contributed by atoms with van der Waals surface area (Å²) in [6.07, 6.45) is 1.40. The van der Waals surface area contributed by atoms with Gasteiger partial charge in [0.1, 0.15) is 6.54 Å². The molecule has 0 saturated heterocycles. The second kappa shape index (κ2) is 5.52. The first-order valence-corrected chi connectivity index (χ1v) is 6.71. The molecule has 0 aliphatic heterocycles. The van der Waals surface area contributed by atoms with Gasteiger partial charge in [-0.3, -0.25) is 14.2 Å². The van der Waals surface area contributed by atoms with Crippen LogP contribution in [0, 0.1) is 0 Å². The molecular formula is C13H14BrN3O2. The van der Waals surface area contributed by atoms with E-state index in [0.29, 0.717) is 10.9 Å². The van der Waals surface area contributed by atoms with Gasteiger partial charge in [-0.2, -0.15) is 0 Å². The van der Waals surface area contributed by atoms with Crippen LogP contribution in [0.15, 0.2) is 33.8 Å². The molecule has 1 heterocycles. The maximum Gasteiger partial charge on any atom is 0.261 e.